The van der Waals surface area contributed by atoms with Gasteiger partial charge in [0.1, 0.15) is 5.75 Å². The first-order valence-electron chi connectivity index (χ1n) is 11.8. The largest absolute Gasteiger partial charge is 0.452 e. The molecule has 3 aromatic rings. The smallest absolute Gasteiger partial charge is 0.294 e. The van der Waals surface area contributed by atoms with Gasteiger partial charge in [-0.25, -0.2) is 8.78 Å². The third-order valence-electron chi connectivity index (χ3n) is 6.89. The van der Waals surface area contributed by atoms with Crippen molar-refractivity contribution in [3.05, 3.63) is 66.1 Å². The number of halogens is 2. The number of nitrogens with zero attached hydrogens (tertiary/aromatic N) is 4. The SMILES string of the molecule is O=C1C(Oc2ccc(C3CC3)cc2)=CCN1c1ccc2c(cnn2CCN2CCC(F)(F)C2)c1. The third kappa shape index (κ3) is 4.18. The summed E-state index contributed by atoms with van der Waals surface area (Å²) in [5.74, 6) is -1.08. The van der Waals surface area contributed by atoms with Gasteiger partial charge in [0.25, 0.3) is 11.8 Å². The number of ether oxygens (including phenoxy) is 1. The molecular formula is C26H26F2N4O2. The summed E-state index contributed by atoms with van der Waals surface area (Å²) >= 11 is 0. The van der Waals surface area contributed by atoms with E-state index in [9.17, 15) is 13.6 Å². The number of aromatic nitrogens is 2. The number of rotatable bonds is 7. The summed E-state index contributed by atoms with van der Waals surface area (Å²) in [6.07, 6.45) is 5.98. The summed E-state index contributed by atoms with van der Waals surface area (Å²) in [4.78, 5) is 16.4. The van der Waals surface area contributed by atoms with E-state index in [0.29, 0.717) is 43.6 Å². The van der Waals surface area contributed by atoms with Crippen molar-refractivity contribution in [2.75, 3.05) is 31.1 Å². The van der Waals surface area contributed by atoms with Crippen molar-refractivity contribution in [2.24, 2.45) is 0 Å². The van der Waals surface area contributed by atoms with Crippen molar-refractivity contribution in [1.82, 2.24) is 14.7 Å². The van der Waals surface area contributed by atoms with Crippen LogP contribution in [0.2, 0.25) is 0 Å². The maximum absolute atomic E-state index is 13.4. The highest BCUT2D eigenvalue weighted by molar-refractivity contribution is 6.08. The maximum Gasteiger partial charge on any atom is 0.294 e. The topological polar surface area (TPSA) is 50.6 Å². The van der Waals surface area contributed by atoms with Crippen molar-refractivity contribution in [3.8, 4) is 5.75 Å². The molecule has 1 aromatic heterocycles. The summed E-state index contributed by atoms with van der Waals surface area (Å²) in [6, 6.07) is 13.8. The highest BCUT2D eigenvalue weighted by Crippen LogP contribution is 2.40. The summed E-state index contributed by atoms with van der Waals surface area (Å²) in [7, 11) is 0. The van der Waals surface area contributed by atoms with Crippen molar-refractivity contribution < 1.29 is 18.3 Å². The van der Waals surface area contributed by atoms with Crippen LogP contribution in [0.4, 0.5) is 14.5 Å². The molecule has 6 rings (SSSR count). The van der Waals surface area contributed by atoms with Crippen molar-refractivity contribution in [3.63, 3.8) is 0 Å². The van der Waals surface area contributed by atoms with Crippen LogP contribution in [0.3, 0.4) is 0 Å². The predicted octanol–water partition coefficient (Wildman–Crippen LogP) is 4.56. The average molecular weight is 465 g/mol. The van der Waals surface area contributed by atoms with Crippen LogP contribution in [0.15, 0.2) is 60.5 Å². The minimum atomic E-state index is -2.58. The third-order valence-corrected chi connectivity index (χ3v) is 6.89. The lowest BCUT2D eigenvalue weighted by Crippen LogP contribution is -2.28. The number of hydrogen-bond donors (Lipinski definition) is 0. The van der Waals surface area contributed by atoms with E-state index < -0.39 is 5.92 Å². The van der Waals surface area contributed by atoms with Gasteiger partial charge in [-0.15, -0.1) is 0 Å². The van der Waals surface area contributed by atoms with Crippen LogP contribution in [-0.2, 0) is 11.3 Å². The van der Waals surface area contributed by atoms with Crippen LogP contribution in [0.1, 0.15) is 30.7 Å². The number of benzene rings is 2. The Hall–Kier alpha value is -3.26. The Bertz CT molecular complexity index is 1260. The van der Waals surface area contributed by atoms with Crippen LogP contribution in [0, 0.1) is 0 Å². The maximum atomic E-state index is 13.4. The molecule has 1 aliphatic carbocycles. The minimum absolute atomic E-state index is 0.0778. The van der Waals surface area contributed by atoms with E-state index >= 15 is 0 Å². The highest BCUT2D eigenvalue weighted by atomic mass is 19.3. The van der Waals surface area contributed by atoms with Crippen LogP contribution in [0.25, 0.3) is 10.9 Å². The molecule has 0 radical (unpaired) electrons. The molecule has 1 saturated carbocycles. The molecule has 2 aliphatic heterocycles. The molecule has 0 atom stereocenters. The van der Waals surface area contributed by atoms with Gasteiger partial charge in [0.05, 0.1) is 24.8 Å². The van der Waals surface area contributed by atoms with E-state index in [0.717, 1.165) is 16.6 Å². The van der Waals surface area contributed by atoms with Gasteiger partial charge < -0.3 is 9.64 Å². The molecule has 2 fully saturated rings. The van der Waals surface area contributed by atoms with Gasteiger partial charge in [-0.05, 0) is 60.7 Å². The fourth-order valence-electron chi connectivity index (χ4n) is 4.79. The number of fused-ring (bicyclic) bond motifs is 1. The zero-order valence-electron chi connectivity index (χ0n) is 18.8. The van der Waals surface area contributed by atoms with E-state index in [1.54, 1.807) is 22.1 Å². The first kappa shape index (κ1) is 21.3. The molecule has 176 valence electrons. The molecule has 3 heterocycles. The standard InChI is InChI=1S/C26H26F2N4O2/c27-26(28)10-12-30(17-26)13-14-32-23-8-5-21(15-20(23)16-29-32)31-11-9-24(25(31)33)34-22-6-3-19(4-7-22)18-1-2-18/h3-9,15-16,18H,1-2,10-14,17H2. The van der Waals surface area contributed by atoms with Crippen LogP contribution in [-0.4, -0.2) is 52.7 Å². The quantitative estimate of drug-likeness (QED) is 0.514. The summed E-state index contributed by atoms with van der Waals surface area (Å²) in [6.45, 7) is 1.74. The Kier molecular flexibility index (Phi) is 5.13. The Morgan fingerprint density at radius 1 is 1.09 bits per heavy atom. The van der Waals surface area contributed by atoms with Gasteiger partial charge in [-0.2, -0.15) is 5.10 Å². The van der Waals surface area contributed by atoms with Gasteiger partial charge >= 0.3 is 0 Å². The molecule has 2 aromatic carbocycles. The lowest BCUT2D eigenvalue weighted by Gasteiger charge is -2.17. The first-order chi connectivity index (χ1) is 16.4. The molecule has 34 heavy (non-hydrogen) atoms. The van der Waals surface area contributed by atoms with E-state index in [1.165, 1.54) is 18.4 Å². The monoisotopic (exact) mass is 464 g/mol. The Labute approximate surface area is 196 Å². The van der Waals surface area contributed by atoms with E-state index in [4.69, 9.17) is 4.74 Å². The average Bonchev–Trinajstić information content (AvgIpc) is 3.38. The first-order valence-corrected chi connectivity index (χ1v) is 11.8. The van der Waals surface area contributed by atoms with Gasteiger partial charge in [0, 0.05) is 37.1 Å². The molecule has 0 bridgehead atoms. The van der Waals surface area contributed by atoms with Crippen LogP contribution in [0.5, 0.6) is 5.75 Å². The van der Waals surface area contributed by atoms with Gasteiger partial charge in [0.2, 0.25) is 0 Å². The number of likely N-dealkylation sites (tertiary alicyclic amines) is 1. The molecule has 0 N–H and O–H groups in total. The molecule has 6 nitrogen and oxygen atoms in total. The van der Waals surface area contributed by atoms with Crippen molar-refractivity contribution in [1.29, 1.82) is 0 Å². The minimum Gasteiger partial charge on any atom is -0.452 e. The zero-order valence-corrected chi connectivity index (χ0v) is 18.8. The Balaban J connectivity index is 1.11. The van der Waals surface area contributed by atoms with E-state index in [1.807, 2.05) is 35.0 Å². The molecule has 3 aliphatic rings. The second-order valence-corrected chi connectivity index (χ2v) is 9.42. The lowest BCUT2D eigenvalue weighted by atomic mass is 10.1. The molecule has 0 unspecified atom stereocenters. The normalized spacial score (nSPS) is 20.4. The lowest BCUT2D eigenvalue weighted by molar-refractivity contribution is -0.116. The van der Waals surface area contributed by atoms with Crippen LogP contribution >= 0.6 is 0 Å². The van der Waals surface area contributed by atoms with Gasteiger partial charge in [-0.3, -0.25) is 14.4 Å². The number of carbonyl (C=O) groups excluding carboxylic acids is 1. The number of anilines is 1. The highest BCUT2D eigenvalue weighted by Gasteiger charge is 2.37. The van der Waals surface area contributed by atoms with Crippen LogP contribution < -0.4 is 9.64 Å². The number of hydrogen-bond acceptors (Lipinski definition) is 4. The van der Waals surface area contributed by atoms with E-state index in [-0.39, 0.29) is 18.9 Å². The predicted molar refractivity (Wildman–Crippen MR) is 125 cm³/mol. The molecule has 0 spiro atoms. The number of carbonyl (C=O) groups is 1. The number of alkyl halides is 2. The molecule has 1 amide bonds. The second-order valence-electron chi connectivity index (χ2n) is 9.42. The zero-order chi connectivity index (χ0) is 23.3. The fourth-order valence-corrected chi connectivity index (χ4v) is 4.79. The molecular weight excluding hydrogens is 438 g/mol. The fraction of sp³-hybridized carbons (Fsp3) is 0.385. The summed E-state index contributed by atoms with van der Waals surface area (Å²) in [5.41, 5.74) is 3.02. The molecule has 8 heteroatoms. The van der Waals surface area contributed by atoms with Crippen molar-refractivity contribution in [2.45, 2.75) is 37.6 Å². The number of amides is 1. The molecule has 1 saturated heterocycles. The second kappa shape index (κ2) is 8.20. The Morgan fingerprint density at radius 2 is 1.91 bits per heavy atom. The summed E-state index contributed by atoms with van der Waals surface area (Å²) < 4.78 is 34.6. The van der Waals surface area contributed by atoms with Gasteiger partial charge in [-0.1, -0.05) is 12.1 Å². The summed E-state index contributed by atoms with van der Waals surface area (Å²) in [5, 5.41) is 5.34. The van der Waals surface area contributed by atoms with Crippen molar-refractivity contribution >= 4 is 22.5 Å². The van der Waals surface area contributed by atoms with Gasteiger partial charge in [0.15, 0.2) is 5.76 Å². The van der Waals surface area contributed by atoms with E-state index in [2.05, 4.69) is 17.2 Å². The Morgan fingerprint density at radius 3 is 2.65 bits per heavy atom.